The van der Waals surface area contributed by atoms with Crippen molar-refractivity contribution in [2.75, 3.05) is 0 Å². The lowest BCUT2D eigenvalue weighted by Gasteiger charge is -2.07. The van der Waals surface area contributed by atoms with E-state index >= 15 is 0 Å². The second-order valence-corrected chi connectivity index (χ2v) is 6.39. The summed E-state index contributed by atoms with van der Waals surface area (Å²) in [6.45, 7) is 0. The maximum absolute atomic E-state index is 12.8. The van der Waals surface area contributed by atoms with E-state index in [1.165, 1.54) is 29.6 Å². The summed E-state index contributed by atoms with van der Waals surface area (Å²) in [6, 6.07) is 9.26. The number of alkyl halides is 3. The Morgan fingerprint density at radius 2 is 1.64 bits per heavy atom. The third-order valence-electron chi connectivity index (χ3n) is 3.57. The Bertz CT molecular complexity index is 1020. The summed E-state index contributed by atoms with van der Waals surface area (Å²) < 4.78 is 51.3. The Morgan fingerprint density at radius 3 is 2.32 bits per heavy atom. The van der Waals surface area contributed by atoms with Gasteiger partial charge in [0.2, 0.25) is 0 Å². The second kappa shape index (κ2) is 7.77. The van der Waals surface area contributed by atoms with Gasteiger partial charge in [-0.2, -0.15) is 13.2 Å². The second-order valence-electron chi connectivity index (χ2n) is 5.53. The van der Waals surface area contributed by atoms with Crippen molar-refractivity contribution < 1.29 is 27.2 Å². The van der Waals surface area contributed by atoms with Crippen LogP contribution in [0.1, 0.15) is 26.4 Å². The monoisotopic (exact) mass is 409 g/mol. The van der Waals surface area contributed by atoms with Gasteiger partial charge in [-0.3, -0.25) is 20.4 Å². The first-order valence-electron chi connectivity index (χ1n) is 7.73. The molecule has 0 bridgehead atoms. The van der Waals surface area contributed by atoms with Gasteiger partial charge in [0.05, 0.1) is 5.56 Å². The summed E-state index contributed by atoms with van der Waals surface area (Å²) >= 11 is 0.989. The van der Waals surface area contributed by atoms with E-state index in [2.05, 4.69) is 15.8 Å². The van der Waals surface area contributed by atoms with Crippen molar-refractivity contribution in [3.63, 3.8) is 0 Å². The summed E-state index contributed by atoms with van der Waals surface area (Å²) in [4.78, 5) is 28.0. The minimum atomic E-state index is -4.49. The van der Waals surface area contributed by atoms with Gasteiger partial charge in [0.15, 0.2) is 0 Å². The molecule has 10 heteroatoms. The van der Waals surface area contributed by atoms with Gasteiger partial charge >= 0.3 is 6.18 Å². The molecule has 0 saturated heterocycles. The van der Waals surface area contributed by atoms with Gasteiger partial charge in [-0.25, -0.2) is 9.37 Å². The summed E-state index contributed by atoms with van der Waals surface area (Å²) in [5, 5.41) is 1.58. The number of carbonyl (C=O) groups is 2. The number of aromatic nitrogens is 1. The number of nitrogens with one attached hydrogen (secondary N) is 2. The lowest BCUT2D eigenvalue weighted by atomic mass is 10.1. The number of halogens is 4. The molecule has 3 aromatic rings. The third kappa shape index (κ3) is 4.52. The van der Waals surface area contributed by atoms with Crippen LogP contribution in [-0.4, -0.2) is 16.8 Å². The molecular formula is C18H11F4N3O2S. The normalized spacial score (nSPS) is 11.1. The Hall–Kier alpha value is -3.27. The fraction of sp³-hybridized carbons (Fsp3) is 0.0556. The standard InChI is InChI=1S/C18H11F4N3O2S/c19-13-6-4-10(5-7-13)15(26)24-25-16(27)14-9-28-17(23-14)11-2-1-3-12(8-11)18(20,21)22/h1-9H,(H,24,26)(H,25,27). The average Bonchev–Trinajstić information content (AvgIpc) is 3.16. The molecule has 0 unspecified atom stereocenters. The van der Waals surface area contributed by atoms with Gasteiger partial charge in [0.1, 0.15) is 16.5 Å². The molecule has 28 heavy (non-hydrogen) atoms. The van der Waals surface area contributed by atoms with Crippen LogP contribution in [0.2, 0.25) is 0 Å². The molecule has 2 aromatic carbocycles. The number of hydrogen-bond donors (Lipinski definition) is 2. The van der Waals surface area contributed by atoms with Crippen LogP contribution in [0.5, 0.6) is 0 Å². The van der Waals surface area contributed by atoms with E-state index in [-0.39, 0.29) is 21.8 Å². The van der Waals surface area contributed by atoms with Crippen LogP contribution in [0.3, 0.4) is 0 Å². The summed E-state index contributed by atoms with van der Waals surface area (Å²) in [6.07, 6.45) is -4.49. The van der Waals surface area contributed by atoms with Crippen LogP contribution < -0.4 is 10.9 Å². The smallest absolute Gasteiger partial charge is 0.267 e. The average molecular weight is 409 g/mol. The summed E-state index contributed by atoms with van der Waals surface area (Å²) in [5.41, 5.74) is 3.75. The molecular weight excluding hydrogens is 398 g/mol. The highest BCUT2D eigenvalue weighted by atomic mass is 32.1. The van der Waals surface area contributed by atoms with E-state index in [1.807, 2.05) is 0 Å². The lowest BCUT2D eigenvalue weighted by Crippen LogP contribution is -2.41. The zero-order valence-electron chi connectivity index (χ0n) is 13.9. The molecule has 0 spiro atoms. The quantitative estimate of drug-likeness (QED) is 0.507. The molecule has 5 nitrogen and oxygen atoms in total. The number of carbonyl (C=O) groups excluding carboxylic acids is 2. The van der Waals surface area contributed by atoms with Crippen LogP contribution in [0.15, 0.2) is 53.9 Å². The van der Waals surface area contributed by atoms with Gasteiger partial charge in [-0.1, -0.05) is 12.1 Å². The number of rotatable bonds is 3. The molecule has 2 amide bonds. The van der Waals surface area contributed by atoms with Crippen LogP contribution in [-0.2, 0) is 6.18 Å². The first-order valence-corrected chi connectivity index (χ1v) is 8.61. The zero-order valence-corrected chi connectivity index (χ0v) is 14.7. The van der Waals surface area contributed by atoms with Gasteiger partial charge in [-0.05, 0) is 36.4 Å². The minimum Gasteiger partial charge on any atom is -0.267 e. The number of nitrogens with zero attached hydrogens (tertiary/aromatic N) is 1. The largest absolute Gasteiger partial charge is 0.416 e. The SMILES string of the molecule is O=C(NNC(=O)c1csc(-c2cccc(C(F)(F)F)c2)n1)c1ccc(F)cc1. The van der Waals surface area contributed by atoms with Crippen LogP contribution >= 0.6 is 11.3 Å². The molecule has 1 heterocycles. The van der Waals surface area contributed by atoms with E-state index in [0.717, 1.165) is 35.6 Å². The van der Waals surface area contributed by atoms with E-state index < -0.39 is 29.4 Å². The molecule has 0 fully saturated rings. The minimum absolute atomic E-state index is 0.0724. The number of thiazole rings is 1. The predicted molar refractivity (Wildman–Crippen MR) is 93.9 cm³/mol. The maximum Gasteiger partial charge on any atom is 0.416 e. The summed E-state index contributed by atoms with van der Waals surface area (Å²) in [7, 11) is 0. The Balaban J connectivity index is 1.67. The van der Waals surface area contributed by atoms with E-state index in [1.54, 1.807) is 0 Å². The highest BCUT2D eigenvalue weighted by Crippen LogP contribution is 2.33. The van der Waals surface area contributed by atoms with Crippen molar-refractivity contribution >= 4 is 23.2 Å². The van der Waals surface area contributed by atoms with E-state index in [0.29, 0.717) is 0 Å². The fourth-order valence-electron chi connectivity index (χ4n) is 2.19. The third-order valence-corrected chi connectivity index (χ3v) is 4.46. The predicted octanol–water partition coefficient (Wildman–Crippen LogP) is 4.04. The molecule has 0 aliphatic heterocycles. The highest BCUT2D eigenvalue weighted by Gasteiger charge is 2.30. The van der Waals surface area contributed by atoms with Gasteiger partial charge < -0.3 is 0 Å². The highest BCUT2D eigenvalue weighted by molar-refractivity contribution is 7.13. The number of amides is 2. The van der Waals surface area contributed by atoms with E-state index in [4.69, 9.17) is 0 Å². The Labute approximate surface area is 160 Å². The molecule has 3 rings (SSSR count). The first-order chi connectivity index (χ1) is 13.2. The number of benzene rings is 2. The first kappa shape index (κ1) is 19.5. The van der Waals surface area contributed by atoms with Gasteiger partial charge in [-0.15, -0.1) is 11.3 Å². The van der Waals surface area contributed by atoms with Crippen molar-refractivity contribution in [1.29, 1.82) is 0 Å². The van der Waals surface area contributed by atoms with Crippen molar-refractivity contribution in [3.8, 4) is 10.6 Å². The molecule has 0 radical (unpaired) electrons. The Morgan fingerprint density at radius 1 is 0.964 bits per heavy atom. The van der Waals surface area contributed by atoms with Crippen LogP contribution in [0.25, 0.3) is 10.6 Å². The van der Waals surface area contributed by atoms with Crippen molar-refractivity contribution in [1.82, 2.24) is 15.8 Å². The maximum atomic E-state index is 12.8. The number of hydrogen-bond acceptors (Lipinski definition) is 4. The van der Waals surface area contributed by atoms with E-state index in [9.17, 15) is 27.2 Å². The summed E-state index contributed by atoms with van der Waals surface area (Å²) in [5.74, 6) is -1.92. The van der Waals surface area contributed by atoms with Crippen LogP contribution in [0, 0.1) is 5.82 Å². The fourth-order valence-corrected chi connectivity index (χ4v) is 2.99. The van der Waals surface area contributed by atoms with Crippen molar-refractivity contribution in [3.05, 3.63) is 76.5 Å². The topological polar surface area (TPSA) is 71.1 Å². The molecule has 0 saturated carbocycles. The molecule has 0 aliphatic carbocycles. The lowest BCUT2D eigenvalue weighted by molar-refractivity contribution is -0.137. The molecule has 144 valence electrons. The molecule has 0 atom stereocenters. The molecule has 0 aliphatic rings. The number of hydrazine groups is 1. The van der Waals surface area contributed by atoms with Crippen LogP contribution in [0.4, 0.5) is 17.6 Å². The van der Waals surface area contributed by atoms with Gasteiger partial charge in [0.25, 0.3) is 11.8 Å². The van der Waals surface area contributed by atoms with Crippen molar-refractivity contribution in [2.45, 2.75) is 6.18 Å². The molecule has 2 N–H and O–H groups in total. The molecule has 1 aromatic heterocycles. The zero-order chi connectivity index (χ0) is 20.3. The van der Waals surface area contributed by atoms with Gasteiger partial charge in [0, 0.05) is 16.5 Å². The van der Waals surface area contributed by atoms with Crippen molar-refractivity contribution in [2.24, 2.45) is 0 Å². The Kier molecular flexibility index (Phi) is 5.41.